The largest absolute Gasteiger partial charge is 0.524 e. The van der Waals surface area contributed by atoms with E-state index in [4.69, 9.17) is 22.6 Å². The number of alkyl halides is 3. The summed E-state index contributed by atoms with van der Waals surface area (Å²) in [6.45, 7) is 22.1. The van der Waals surface area contributed by atoms with Gasteiger partial charge in [0.2, 0.25) is 0 Å². The lowest BCUT2D eigenvalue weighted by Gasteiger charge is -2.40. The molecule has 0 atom stereocenters. The molecule has 12 heteroatoms. The standard InChI is InChI=1S/C35H47F3O7S2/c1-31(2,3)41-24-13-17-26(18-14-24)46(45-47(39,40)35(36,37)38,27-19-15-25(16-20-27)42-32(4,5)6)28-21-22-29(43-33(7,8)9)30(23-28)44-34(10,11)12/h13-23H,1-12H3. The van der Waals surface area contributed by atoms with Crippen LogP contribution in [0.2, 0.25) is 0 Å². The summed E-state index contributed by atoms with van der Waals surface area (Å²) in [4.78, 5) is 0.462. The van der Waals surface area contributed by atoms with Gasteiger partial charge in [0.15, 0.2) is 11.5 Å². The molecule has 0 bridgehead atoms. The Hall–Kier alpha value is -3.09. The van der Waals surface area contributed by atoms with Crippen LogP contribution in [0.1, 0.15) is 83.1 Å². The lowest BCUT2D eigenvalue weighted by atomic mass is 10.1. The Morgan fingerprint density at radius 3 is 1.15 bits per heavy atom. The summed E-state index contributed by atoms with van der Waals surface area (Å²) >= 11 is 0. The maximum atomic E-state index is 14.2. The minimum absolute atomic E-state index is 0.125. The van der Waals surface area contributed by atoms with E-state index in [1.165, 1.54) is 36.4 Å². The second-order valence-corrected chi connectivity index (χ2v) is 19.4. The zero-order valence-corrected chi connectivity index (χ0v) is 30.8. The van der Waals surface area contributed by atoms with Crippen molar-refractivity contribution in [3.63, 3.8) is 0 Å². The highest BCUT2D eigenvalue weighted by atomic mass is 32.3. The van der Waals surface area contributed by atoms with Crippen LogP contribution in [0.3, 0.4) is 0 Å². The Morgan fingerprint density at radius 2 is 0.809 bits per heavy atom. The van der Waals surface area contributed by atoms with Crippen LogP contribution >= 0.6 is 10.3 Å². The van der Waals surface area contributed by atoms with E-state index in [2.05, 4.69) is 0 Å². The first-order valence-electron chi connectivity index (χ1n) is 15.1. The van der Waals surface area contributed by atoms with Crippen molar-refractivity contribution in [2.45, 2.75) is 126 Å². The predicted molar refractivity (Wildman–Crippen MR) is 179 cm³/mol. The zero-order valence-electron chi connectivity index (χ0n) is 29.2. The van der Waals surface area contributed by atoms with E-state index in [-0.39, 0.29) is 20.4 Å². The average molecular weight is 701 g/mol. The smallest absolute Gasteiger partial charge is 0.488 e. The van der Waals surface area contributed by atoms with E-state index < -0.39 is 48.3 Å². The molecular weight excluding hydrogens is 654 g/mol. The summed E-state index contributed by atoms with van der Waals surface area (Å²) in [5.74, 6) is 1.40. The van der Waals surface area contributed by atoms with Crippen molar-refractivity contribution in [1.82, 2.24) is 0 Å². The fourth-order valence-electron chi connectivity index (χ4n) is 4.30. The maximum Gasteiger partial charge on any atom is 0.524 e. The molecule has 0 N–H and O–H groups in total. The van der Waals surface area contributed by atoms with Gasteiger partial charge in [0.05, 0.1) is 0 Å². The molecule has 3 aromatic carbocycles. The van der Waals surface area contributed by atoms with E-state index in [0.717, 1.165) is 0 Å². The number of halogens is 3. The van der Waals surface area contributed by atoms with Gasteiger partial charge in [0, 0.05) is 14.7 Å². The molecular formula is C35H47F3O7S2. The summed E-state index contributed by atoms with van der Waals surface area (Å²) in [7, 11) is -9.85. The van der Waals surface area contributed by atoms with Gasteiger partial charge in [-0.2, -0.15) is 25.2 Å². The SMILES string of the molecule is CC(C)(C)Oc1ccc(S(OS(=O)(=O)C(F)(F)F)(c2ccc(OC(C)(C)C)cc2)c2ccc(OC(C)(C)C)c(OC(C)(C)C)c2)cc1. The molecule has 3 rings (SSSR count). The van der Waals surface area contributed by atoms with Crippen LogP contribution < -0.4 is 18.9 Å². The van der Waals surface area contributed by atoms with Gasteiger partial charge in [0.1, 0.15) is 33.9 Å². The third kappa shape index (κ3) is 10.4. The lowest BCUT2D eigenvalue weighted by molar-refractivity contribution is -0.0496. The van der Waals surface area contributed by atoms with Crippen LogP contribution in [-0.2, 0) is 13.7 Å². The first-order valence-corrected chi connectivity index (χ1v) is 18.0. The van der Waals surface area contributed by atoms with Crippen molar-refractivity contribution in [3.05, 3.63) is 66.7 Å². The molecule has 0 saturated heterocycles. The average Bonchev–Trinajstić information content (AvgIpc) is 2.85. The molecule has 0 aliphatic carbocycles. The third-order valence-electron chi connectivity index (χ3n) is 5.71. The van der Waals surface area contributed by atoms with Crippen LogP contribution in [0.4, 0.5) is 13.2 Å². The molecule has 262 valence electrons. The summed E-state index contributed by atoms with van der Waals surface area (Å²) < 4.78 is 98.4. The molecule has 0 fully saturated rings. The topological polar surface area (TPSA) is 80.3 Å². The fraction of sp³-hybridized carbons (Fsp3) is 0.486. The van der Waals surface area contributed by atoms with Gasteiger partial charge in [-0.3, -0.25) is 0 Å². The molecule has 0 heterocycles. The van der Waals surface area contributed by atoms with Crippen LogP contribution in [0.15, 0.2) is 81.4 Å². The number of ether oxygens (including phenoxy) is 4. The van der Waals surface area contributed by atoms with Gasteiger partial charge in [0.25, 0.3) is 0 Å². The Balaban J connectivity index is 2.47. The Labute approximate surface area is 279 Å². The Bertz CT molecular complexity index is 1560. The lowest BCUT2D eigenvalue weighted by Crippen LogP contribution is -2.28. The van der Waals surface area contributed by atoms with Crippen LogP contribution in [0.25, 0.3) is 0 Å². The summed E-state index contributed by atoms with van der Waals surface area (Å²) in [6, 6.07) is 16.9. The van der Waals surface area contributed by atoms with Crippen LogP contribution in [0, 0.1) is 0 Å². The molecule has 0 amide bonds. The Kier molecular flexibility index (Phi) is 10.7. The second kappa shape index (κ2) is 13.1. The molecule has 0 radical (unpaired) electrons. The van der Waals surface area contributed by atoms with E-state index >= 15 is 0 Å². The number of hydrogen-bond donors (Lipinski definition) is 0. The maximum absolute atomic E-state index is 14.2. The minimum Gasteiger partial charge on any atom is -0.488 e. The van der Waals surface area contributed by atoms with Crippen molar-refractivity contribution < 1.29 is 44.2 Å². The highest BCUT2D eigenvalue weighted by Crippen LogP contribution is 2.71. The molecule has 0 spiro atoms. The van der Waals surface area contributed by atoms with Crippen LogP contribution in [0.5, 0.6) is 23.0 Å². The first kappa shape index (κ1) is 38.4. The van der Waals surface area contributed by atoms with Crippen LogP contribution in [-0.4, -0.2) is 36.3 Å². The number of hydrogen-bond acceptors (Lipinski definition) is 7. The van der Waals surface area contributed by atoms with E-state index in [1.54, 1.807) is 30.3 Å². The molecule has 47 heavy (non-hydrogen) atoms. The van der Waals surface area contributed by atoms with Crippen molar-refractivity contribution in [3.8, 4) is 23.0 Å². The zero-order chi connectivity index (χ0) is 35.9. The van der Waals surface area contributed by atoms with E-state index in [9.17, 15) is 21.6 Å². The molecule has 0 aromatic heterocycles. The quantitative estimate of drug-likeness (QED) is 0.206. The summed E-state index contributed by atoms with van der Waals surface area (Å²) in [5.41, 5.74) is -8.23. The minimum atomic E-state index is -6.16. The monoisotopic (exact) mass is 700 g/mol. The number of benzene rings is 3. The third-order valence-corrected chi connectivity index (χ3v) is 10.6. The van der Waals surface area contributed by atoms with Crippen molar-refractivity contribution in [2.24, 2.45) is 0 Å². The van der Waals surface area contributed by atoms with Gasteiger partial charge >= 0.3 is 15.6 Å². The molecule has 7 nitrogen and oxygen atoms in total. The van der Waals surface area contributed by atoms with Crippen molar-refractivity contribution >= 4 is 20.4 Å². The molecule has 3 aromatic rings. The van der Waals surface area contributed by atoms with Gasteiger partial charge in [-0.25, -0.2) is 0 Å². The molecule has 0 saturated carbocycles. The van der Waals surface area contributed by atoms with Gasteiger partial charge in [-0.05, 0) is 160 Å². The van der Waals surface area contributed by atoms with E-state index in [1.807, 2.05) is 83.1 Å². The highest BCUT2D eigenvalue weighted by molar-refractivity contribution is 8.33. The normalized spacial score (nSPS) is 14.0. The van der Waals surface area contributed by atoms with Gasteiger partial charge in [-0.15, -0.1) is 0 Å². The predicted octanol–water partition coefficient (Wildman–Crippen LogP) is 10.5. The summed E-state index contributed by atoms with van der Waals surface area (Å²) in [6.07, 6.45) is 0. The van der Waals surface area contributed by atoms with E-state index in [0.29, 0.717) is 17.2 Å². The second-order valence-electron chi connectivity index (χ2n) is 14.9. The number of rotatable bonds is 9. The highest BCUT2D eigenvalue weighted by Gasteiger charge is 2.52. The van der Waals surface area contributed by atoms with Gasteiger partial charge in [-0.1, -0.05) is 0 Å². The Morgan fingerprint density at radius 1 is 0.468 bits per heavy atom. The fourth-order valence-corrected chi connectivity index (χ4v) is 9.01. The van der Waals surface area contributed by atoms with Crippen molar-refractivity contribution in [1.29, 1.82) is 0 Å². The van der Waals surface area contributed by atoms with Crippen molar-refractivity contribution in [2.75, 3.05) is 0 Å². The molecule has 0 aliphatic heterocycles. The first-order chi connectivity index (χ1) is 21.1. The molecule has 0 aliphatic rings. The molecule has 0 unspecified atom stereocenters. The summed E-state index contributed by atoms with van der Waals surface area (Å²) in [5, 5.41) is 0. The van der Waals surface area contributed by atoms with Gasteiger partial charge < -0.3 is 18.9 Å².